The van der Waals surface area contributed by atoms with E-state index in [0.29, 0.717) is 30.8 Å². The second-order valence-corrected chi connectivity index (χ2v) is 7.84. The number of aryl methyl sites for hydroxylation is 1. The van der Waals surface area contributed by atoms with Crippen molar-refractivity contribution in [2.24, 2.45) is 0 Å². The van der Waals surface area contributed by atoms with Crippen molar-refractivity contribution < 1.29 is 13.2 Å². The number of hydrogen-bond donors (Lipinski definition) is 0. The molecule has 0 N–H and O–H groups in total. The summed E-state index contributed by atoms with van der Waals surface area (Å²) in [5.41, 5.74) is 0.978. The Hall–Kier alpha value is -1.40. The molecule has 24 heavy (non-hydrogen) atoms. The molecule has 0 saturated heterocycles. The van der Waals surface area contributed by atoms with Crippen LogP contribution >= 0.6 is 0 Å². The maximum Gasteiger partial charge on any atom is 0.243 e. The van der Waals surface area contributed by atoms with E-state index in [1.807, 2.05) is 20.9 Å². The van der Waals surface area contributed by atoms with Crippen molar-refractivity contribution in [1.29, 1.82) is 0 Å². The van der Waals surface area contributed by atoms with E-state index in [0.717, 1.165) is 24.9 Å². The van der Waals surface area contributed by atoms with Crippen LogP contribution in [0.3, 0.4) is 0 Å². The molecule has 0 aliphatic rings. The number of rotatable bonds is 10. The van der Waals surface area contributed by atoms with E-state index in [4.69, 9.17) is 0 Å². The Balaban J connectivity index is 2.67. The van der Waals surface area contributed by atoms with Crippen LogP contribution in [0.5, 0.6) is 0 Å². The molecular formula is C18H30N2O3S. The molecule has 1 aromatic rings. The van der Waals surface area contributed by atoms with Crippen LogP contribution in [0.2, 0.25) is 0 Å². The molecule has 1 rings (SSSR count). The van der Waals surface area contributed by atoms with Crippen molar-refractivity contribution in [3.05, 3.63) is 29.8 Å². The van der Waals surface area contributed by atoms with Gasteiger partial charge in [0.25, 0.3) is 0 Å². The second-order valence-electron chi connectivity index (χ2n) is 5.90. The fraction of sp³-hybridized carbons (Fsp3) is 0.611. The number of sulfonamides is 1. The first-order valence-electron chi connectivity index (χ1n) is 8.69. The Kier molecular flexibility index (Phi) is 8.42. The lowest BCUT2D eigenvalue weighted by Gasteiger charge is -2.18. The van der Waals surface area contributed by atoms with Crippen LogP contribution in [0, 0.1) is 0 Å². The Morgan fingerprint density at radius 2 is 1.62 bits per heavy atom. The predicted octanol–water partition coefficient (Wildman–Crippen LogP) is 2.91. The highest BCUT2D eigenvalue weighted by molar-refractivity contribution is 7.89. The molecule has 5 nitrogen and oxygen atoms in total. The Bertz CT molecular complexity index is 608. The number of carbonyl (C=O) groups excluding carboxylic acids is 1. The van der Waals surface area contributed by atoms with E-state index in [9.17, 15) is 13.2 Å². The number of hydrogen-bond acceptors (Lipinski definition) is 3. The van der Waals surface area contributed by atoms with Crippen molar-refractivity contribution in [2.75, 3.05) is 26.7 Å². The summed E-state index contributed by atoms with van der Waals surface area (Å²) in [5.74, 6) is 0.128. The zero-order chi connectivity index (χ0) is 18.2. The Labute approximate surface area is 146 Å². The van der Waals surface area contributed by atoms with Gasteiger partial charge in [-0.05, 0) is 30.5 Å². The Morgan fingerprint density at radius 1 is 1.04 bits per heavy atom. The predicted molar refractivity (Wildman–Crippen MR) is 97.4 cm³/mol. The standard InChI is InChI=1S/C18H30N2O3S/c1-5-8-15-19(4)18(21)14-11-16-9-12-17(13-10-16)24(22,23)20(6-2)7-3/h9-10,12-13H,5-8,11,14-15H2,1-4H3. The molecular weight excluding hydrogens is 324 g/mol. The fourth-order valence-electron chi connectivity index (χ4n) is 2.50. The molecule has 0 atom stereocenters. The molecule has 0 unspecified atom stereocenters. The lowest BCUT2D eigenvalue weighted by molar-refractivity contribution is -0.129. The SMILES string of the molecule is CCCCN(C)C(=O)CCc1ccc(S(=O)(=O)N(CC)CC)cc1. The molecule has 6 heteroatoms. The number of amides is 1. The molecule has 0 aromatic heterocycles. The van der Waals surface area contributed by atoms with Gasteiger partial charge in [-0.25, -0.2) is 8.42 Å². The van der Waals surface area contributed by atoms with Gasteiger partial charge in [0.2, 0.25) is 15.9 Å². The Morgan fingerprint density at radius 3 is 2.12 bits per heavy atom. The molecule has 0 radical (unpaired) electrons. The molecule has 0 saturated carbocycles. The number of nitrogens with zero attached hydrogens (tertiary/aromatic N) is 2. The van der Waals surface area contributed by atoms with E-state index in [-0.39, 0.29) is 5.91 Å². The van der Waals surface area contributed by atoms with Gasteiger partial charge in [0.1, 0.15) is 0 Å². The minimum atomic E-state index is -3.41. The van der Waals surface area contributed by atoms with Gasteiger partial charge in [-0.3, -0.25) is 4.79 Å². The highest BCUT2D eigenvalue weighted by Crippen LogP contribution is 2.17. The maximum absolute atomic E-state index is 12.4. The monoisotopic (exact) mass is 354 g/mol. The third-order valence-electron chi connectivity index (χ3n) is 4.17. The van der Waals surface area contributed by atoms with Gasteiger partial charge in [0.15, 0.2) is 0 Å². The summed E-state index contributed by atoms with van der Waals surface area (Å²) < 4.78 is 26.3. The smallest absolute Gasteiger partial charge is 0.243 e. The van der Waals surface area contributed by atoms with E-state index in [1.54, 1.807) is 29.2 Å². The molecule has 1 amide bonds. The molecule has 0 fully saturated rings. The summed E-state index contributed by atoms with van der Waals surface area (Å²) in [5, 5.41) is 0. The number of benzene rings is 1. The molecule has 136 valence electrons. The molecule has 0 heterocycles. The normalized spacial score (nSPS) is 11.7. The van der Waals surface area contributed by atoms with Crippen LogP contribution in [0.25, 0.3) is 0 Å². The van der Waals surface area contributed by atoms with Crippen LogP contribution in [-0.2, 0) is 21.2 Å². The van der Waals surface area contributed by atoms with Crippen molar-refractivity contribution in [3.63, 3.8) is 0 Å². The second kappa shape index (κ2) is 9.79. The molecule has 0 aliphatic carbocycles. The first-order chi connectivity index (χ1) is 11.4. The fourth-order valence-corrected chi connectivity index (χ4v) is 3.96. The summed E-state index contributed by atoms with van der Waals surface area (Å²) in [6.07, 6.45) is 3.16. The molecule has 1 aromatic carbocycles. The lowest BCUT2D eigenvalue weighted by Crippen LogP contribution is -2.30. The largest absolute Gasteiger partial charge is 0.346 e. The van der Waals surface area contributed by atoms with Crippen LogP contribution in [-0.4, -0.2) is 50.2 Å². The van der Waals surface area contributed by atoms with Gasteiger partial charge >= 0.3 is 0 Å². The molecule has 0 bridgehead atoms. The van der Waals surface area contributed by atoms with E-state index in [2.05, 4.69) is 6.92 Å². The van der Waals surface area contributed by atoms with Gasteiger partial charge in [0, 0.05) is 33.1 Å². The van der Waals surface area contributed by atoms with Crippen LogP contribution in [0.1, 0.15) is 45.6 Å². The zero-order valence-corrected chi connectivity index (χ0v) is 16.1. The first kappa shape index (κ1) is 20.6. The quantitative estimate of drug-likeness (QED) is 0.649. The molecule has 0 spiro atoms. The third-order valence-corrected chi connectivity index (χ3v) is 6.23. The third kappa shape index (κ3) is 5.60. The van der Waals surface area contributed by atoms with E-state index >= 15 is 0 Å². The van der Waals surface area contributed by atoms with Crippen molar-refractivity contribution in [1.82, 2.24) is 9.21 Å². The summed E-state index contributed by atoms with van der Waals surface area (Å²) in [4.78, 5) is 14.1. The van der Waals surface area contributed by atoms with E-state index < -0.39 is 10.0 Å². The van der Waals surface area contributed by atoms with Gasteiger partial charge in [0.05, 0.1) is 4.90 Å². The van der Waals surface area contributed by atoms with Gasteiger partial charge in [-0.15, -0.1) is 0 Å². The summed E-state index contributed by atoms with van der Waals surface area (Å²) >= 11 is 0. The summed E-state index contributed by atoms with van der Waals surface area (Å²) in [7, 11) is -1.58. The highest BCUT2D eigenvalue weighted by Gasteiger charge is 2.21. The zero-order valence-electron chi connectivity index (χ0n) is 15.3. The van der Waals surface area contributed by atoms with E-state index in [1.165, 1.54) is 4.31 Å². The average molecular weight is 355 g/mol. The van der Waals surface area contributed by atoms with Crippen LogP contribution in [0.15, 0.2) is 29.2 Å². The number of unbranched alkanes of at least 4 members (excludes halogenated alkanes) is 1. The van der Waals surface area contributed by atoms with Gasteiger partial charge < -0.3 is 4.90 Å². The highest BCUT2D eigenvalue weighted by atomic mass is 32.2. The maximum atomic E-state index is 12.4. The van der Waals surface area contributed by atoms with Crippen LogP contribution < -0.4 is 0 Å². The minimum Gasteiger partial charge on any atom is -0.346 e. The minimum absolute atomic E-state index is 0.128. The first-order valence-corrected chi connectivity index (χ1v) is 10.1. The summed E-state index contributed by atoms with van der Waals surface area (Å²) in [6.45, 7) is 7.47. The van der Waals surface area contributed by atoms with Gasteiger partial charge in [-0.1, -0.05) is 39.3 Å². The molecule has 0 aliphatic heterocycles. The van der Waals surface area contributed by atoms with Crippen LogP contribution in [0.4, 0.5) is 0 Å². The number of carbonyl (C=O) groups is 1. The lowest BCUT2D eigenvalue weighted by atomic mass is 10.1. The average Bonchev–Trinajstić information content (AvgIpc) is 2.58. The van der Waals surface area contributed by atoms with Gasteiger partial charge in [-0.2, -0.15) is 4.31 Å². The van der Waals surface area contributed by atoms with Crippen molar-refractivity contribution >= 4 is 15.9 Å². The van der Waals surface area contributed by atoms with Crippen molar-refractivity contribution in [3.8, 4) is 0 Å². The van der Waals surface area contributed by atoms with Crippen molar-refractivity contribution in [2.45, 2.75) is 51.3 Å². The summed E-state index contributed by atoms with van der Waals surface area (Å²) in [6, 6.07) is 6.87. The topological polar surface area (TPSA) is 57.7 Å².